The van der Waals surface area contributed by atoms with Gasteiger partial charge in [-0.3, -0.25) is 9.69 Å². The van der Waals surface area contributed by atoms with Gasteiger partial charge < -0.3 is 4.74 Å². The minimum absolute atomic E-state index is 0.0168. The summed E-state index contributed by atoms with van der Waals surface area (Å²) >= 11 is 6.57. The molecule has 3 rings (SSSR count). The molecular weight excluding hydrogens is 338 g/mol. The van der Waals surface area contributed by atoms with Crippen molar-refractivity contribution in [1.29, 1.82) is 0 Å². The molecule has 2 aromatic rings. The number of amides is 1. The van der Waals surface area contributed by atoms with Gasteiger partial charge in [-0.1, -0.05) is 66.4 Å². The Morgan fingerprint density at radius 1 is 1.12 bits per heavy atom. The highest BCUT2D eigenvalue weighted by molar-refractivity contribution is 8.26. The molecular formula is C19H17NO2S2. The van der Waals surface area contributed by atoms with E-state index in [9.17, 15) is 4.79 Å². The molecule has 0 N–H and O–H groups in total. The van der Waals surface area contributed by atoms with Gasteiger partial charge in [0.05, 0.1) is 4.91 Å². The monoisotopic (exact) mass is 355 g/mol. The average Bonchev–Trinajstić information content (AvgIpc) is 2.88. The summed E-state index contributed by atoms with van der Waals surface area (Å²) in [6.45, 7) is 3.07. The largest absolute Gasteiger partial charge is 0.489 e. The van der Waals surface area contributed by atoms with Gasteiger partial charge in [0, 0.05) is 6.54 Å². The number of likely N-dealkylation sites (N-methyl/N-ethyl adjacent to an activating group) is 1. The van der Waals surface area contributed by atoms with Gasteiger partial charge in [0.25, 0.3) is 5.91 Å². The second-order valence-electron chi connectivity index (χ2n) is 5.27. The van der Waals surface area contributed by atoms with Crippen LogP contribution in [-0.4, -0.2) is 21.7 Å². The maximum absolute atomic E-state index is 12.2. The zero-order valence-electron chi connectivity index (χ0n) is 13.3. The molecule has 1 heterocycles. The Balaban J connectivity index is 1.66. The van der Waals surface area contributed by atoms with E-state index >= 15 is 0 Å². The van der Waals surface area contributed by atoms with E-state index in [-0.39, 0.29) is 5.91 Å². The number of hydrogen-bond donors (Lipinski definition) is 0. The SMILES string of the molecule is CCN1C(=O)C(=Cc2ccc(OCc3ccccc3)cc2)SC1=S. The molecule has 0 radical (unpaired) electrons. The summed E-state index contributed by atoms with van der Waals surface area (Å²) in [6, 6.07) is 17.7. The molecule has 0 spiro atoms. The van der Waals surface area contributed by atoms with Crippen LogP contribution in [-0.2, 0) is 11.4 Å². The van der Waals surface area contributed by atoms with Gasteiger partial charge >= 0.3 is 0 Å². The predicted octanol–water partition coefficient (Wildman–Crippen LogP) is 4.49. The van der Waals surface area contributed by atoms with Gasteiger partial charge in [-0.05, 0) is 36.3 Å². The van der Waals surface area contributed by atoms with Crippen molar-refractivity contribution in [1.82, 2.24) is 4.90 Å². The lowest BCUT2D eigenvalue weighted by Crippen LogP contribution is -2.27. The molecule has 0 aromatic heterocycles. The lowest BCUT2D eigenvalue weighted by atomic mass is 10.2. The van der Waals surface area contributed by atoms with Crippen LogP contribution in [0.5, 0.6) is 5.75 Å². The van der Waals surface area contributed by atoms with Gasteiger partial charge in [-0.2, -0.15) is 0 Å². The lowest BCUT2D eigenvalue weighted by Gasteiger charge is -2.09. The molecule has 2 aromatic carbocycles. The summed E-state index contributed by atoms with van der Waals surface area (Å²) in [5.41, 5.74) is 2.09. The molecule has 1 amide bonds. The van der Waals surface area contributed by atoms with Crippen LogP contribution in [0.3, 0.4) is 0 Å². The molecule has 1 saturated heterocycles. The second kappa shape index (κ2) is 7.64. The van der Waals surface area contributed by atoms with Crippen LogP contribution in [0.25, 0.3) is 6.08 Å². The quantitative estimate of drug-likeness (QED) is 0.584. The zero-order chi connectivity index (χ0) is 16.9. The number of nitrogens with zero attached hydrogens (tertiary/aromatic N) is 1. The normalized spacial score (nSPS) is 16.0. The number of ether oxygens (including phenoxy) is 1. The van der Waals surface area contributed by atoms with Crippen LogP contribution >= 0.6 is 24.0 Å². The fourth-order valence-corrected chi connectivity index (χ4v) is 3.71. The molecule has 1 aliphatic rings. The van der Waals surface area contributed by atoms with E-state index in [0.29, 0.717) is 22.4 Å². The maximum atomic E-state index is 12.2. The van der Waals surface area contributed by atoms with Crippen LogP contribution in [0.1, 0.15) is 18.1 Å². The van der Waals surface area contributed by atoms with Gasteiger partial charge in [-0.15, -0.1) is 0 Å². The van der Waals surface area contributed by atoms with Crippen molar-refractivity contribution >= 4 is 40.3 Å². The van der Waals surface area contributed by atoms with Crippen LogP contribution < -0.4 is 4.74 Å². The van der Waals surface area contributed by atoms with Crippen molar-refractivity contribution in [2.45, 2.75) is 13.5 Å². The van der Waals surface area contributed by atoms with Crippen LogP contribution in [0.2, 0.25) is 0 Å². The summed E-state index contributed by atoms with van der Waals surface area (Å²) in [7, 11) is 0. The molecule has 122 valence electrons. The van der Waals surface area contributed by atoms with Gasteiger partial charge in [0.2, 0.25) is 0 Å². The maximum Gasteiger partial charge on any atom is 0.266 e. The van der Waals surface area contributed by atoms with Crippen molar-refractivity contribution in [3.8, 4) is 5.75 Å². The molecule has 1 aliphatic heterocycles. The average molecular weight is 355 g/mol. The third-order valence-electron chi connectivity index (χ3n) is 3.62. The topological polar surface area (TPSA) is 29.5 Å². The first-order valence-corrected chi connectivity index (χ1v) is 8.92. The Morgan fingerprint density at radius 2 is 1.83 bits per heavy atom. The molecule has 1 fully saturated rings. The Labute approximate surface area is 151 Å². The third kappa shape index (κ3) is 3.86. The molecule has 0 bridgehead atoms. The zero-order valence-corrected chi connectivity index (χ0v) is 14.9. The number of benzene rings is 2. The minimum atomic E-state index is -0.0168. The molecule has 24 heavy (non-hydrogen) atoms. The number of carbonyl (C=O) groups excluding carboxylic acids is 1. The standard InChI is InChI=1S/C19H17NO2S2/c1-2-20-18(21)17(24-19(20)23)12-14-8-10-16(11-9-14)22-13-15-6-4-3-5-7-15/h3-12H,2,13H2,1H3. The predicted molar refractivity (Wildman–Crippen MR) is 103 cm³/mol. The van der Waals surface area contributed by atoms with Crippen LogP contribution in [0.15, 0.2) is 59.5 Å². The van der Waals surface area contributed by atoms with E-state index in [4.69, 9.17) is 17.0 Å². The number of thioether (sulfide) groups is 1. The smallest absolute Gasteiger partial charge is 0.266 e. The summed E-state index contributed by atoms with van der Waals surface area (Å²) < 4.78 is 6.39. The van der Waals surface area contributed by atoms with Gasteiger partial charge in [0.1, 0.15) is 16.7 Å². The Kier molecular flexibility index (Phi) is 5.33. The van der Waals surface area contributed by atoms with E-state index in [1.54, 1.807) is 4.90 Å². The summed E-state index contributed by atoms with van der Waals surface area (Å²) in [5, 5.41) is 0. The highest BCUT2D eigenvalue weighted by Gasteiger charge is 2.30. The summed E-state index contributed by atoms with van der Waals surface area (Å²) in [4.78, 5) is 14.5. The Bertz CT molecular complexity index is 770. The van der Waals surface area contributed by atoms with E-state index in [1.165, 1.54) is 11.8 Å². The Morgan fingerprint density at radius 3 is 2.46 bits per heavy atom. The van der Waals surface area contributed by atoms with Crippen LogP contribution in [0, 0.1) is 0 Å². The highest BCUT2D eigenvalue weighted by Crippen LogP contribution is 2.32. The number of hydrogen-bond acceptors (Lipinski definition) is 4. The molecule has 5 heteroatoms. The van der Waals surface area contributed by atoms with E-state index in [1.807, 2.05) is 67.6 Å². The molecule has 0 atom stereocenters. The molecule has 3 nitrogen and oxygen atoms in total. The van der Waals surface area contributed by atoms with Crippen molar-refractivity contribution in [2.24, 2.45) is 0 Å². The first-order valence-electron chi connectivity index (χ1n) is 7.69. The van der Waals surface area contributed by atoms with Crippen molar-refractivity contribution < 1.29 is 9.53 Å². The first-order chi connectivity index (χ1) is 11.7. The van der Waals surface area contributed by atoms with Crippen LogP contribution in [0.4, 0.5) is 0 Å². The third-order valence-corrected chi connectivity index (χ3v) is 4.99. The molecule has 0 aliphatic carbocycles. The van der Waals surface area contributed by atoms with Crippen molar-refractivity contribution in [3.05, 3.63) is 70.6 Å². The molecule has 0 unspecified atom stereocenters. The second-order valence-corrected chi connectivity index (χ2v) is 6.95. The summed E-state index contributed by atoms with van der Waals surface area (Å²) in [5.74, 6) is 0.786. The highest BCUT2D eigenvalue weighted by atomic mass is 32.2. The van der Waals surface area contributed by atoms with Gasteiger partial charge in [0.15, 0.2) is 0 Å². The Hall–Kier alpha value is -2.11. The number of rotatable bonds is 5. The fourth-order valence-electron chi connectivity index (χ4n) is 2.33. The number of carbonyl (C=O) groups is 1. The minimum Gasteiger partial charge on any atom is -0.489 e. The first kappa shape index (κ1) is 16.7. The van der Waals surface area contributed by atoms with Crippen molar-refractivity contribution in [3.63, 3.8) is 0 Å². The fraction of sp³-hybridized carbons (Fsp3) is 0.158. The molecule has 0 saturated carbocycles. The van der Waals surface area contributed by atoms with Crippen molar-refractivity contribution in [2.75, 3.05) is 6.54 Å². The van der Waals surface area contributed by atoms with E-state index in [2.05, 4.69) is 0 Å². The van der Waals surface area contributed by atoms with Gasteiger partial charge in [-0.25, -0.2) is 0 Å². The summed E-state index contributed by atoms with van der Waals surface area (Å²) in [6.07, 6.45) is 1.87. The number of thiocarbonyl (C=S) groups is 1. The lowest BCUT2D eigenvalue weighted by molar-refractivity contribution is -0.121. The van der Waals surface area contributed by atoms with E-state index < -0.39 is 0 Å². The van der Waals surface area contributed by atoms with E-state index in [0.717, 1.165) is 16.9 Å².